The lowest BCUT2D eigenvalue weighted by atomic mass is 10.2. The van der Waals surface area contributed by atoms with Crippen molar-refractivity contribution in [3.8, 4) is 0 Å². The van der Waals surface area contributed by atoms with Crippen LogP contribution in [-0.4, -0.2) is 35.6 Å². The predicted molar refractivity (Wildman–Crippen MR) is 76.9 cm³/mol. The molecule has 0 spiro atoms. The highest BCUT2D eigenvalue weighted by Crippen LogP contribution is 2.19. The summed E-state index contributed by atoms with van der Waals surface area (Å²) in [6, 6.07) is 0. The third kappa shape index (κ3) is 4.95. The number of nitrogens with one attached hydrogen (secondary N) is 2. The summed E-state index contributed by atoms with van der Waals surface area (Å²) >= 11 is 3.91. The fraction of sp³-hybridized carbons (Fsp3) is 0.750. The Hall–Kier alpha value is -0.100. The van der Waals surface area contributed by atoms with Crippen LogP contribution in [0.5, 0.6) is 0 Å². The first kappa shape index (κ1) is 13.3. The first-order valence-corrected chi connectivity index (χ1v) is 8.15. The van der Waals surface area contributed by atoms with Crippen LogP contribution >= 0.6 is 23.1 Å². The van der Waals surface area contributed by atoms with Crippen molar-refractivity contribution in [3.63, 3.8) is 0 Å². The fourth-order valence-corrected chi connectivity index (χ4v) is 3.89. The van der Waals surface area contributed by atoms with Gasteiger partial charge in [-0.1, -0.05) is 0 Å². The normalized spacial score (nSPS) is 17.5. The molecule has 0 unspecified atom stereocenters. The number of rotatable bonds is 6. The highest BCUT2D eigenvalue weighted by molar-refractivity contribution is 7.99. The van der Waals surface area contributed by atoms with Gasteiger partial charge in [0.15, 0.2) is 0 Å². The lowest BCUT2D eigenvalue weighted by Gasteiger charge is -2.21. The maximum Gasteiger partial charge on any atom is 0.0897 e. The summed E-state index contributed by atoms with van der Waals surface area (Å²) in [5.41, 5.74) is 0. The molecule has 0 radical (unpaired) electrons. The van der Waals surface area contributed by atoms with Crippen molar-refractivity contribution < 1.29 is 0 Å². The molecule has 3 nitrogen and oxygen atoms in total. The van der Waals surface area contributed by atoms with Crippen molar-refractivity contribution >= 4 is 23.1 Å². The second-order valence-corrected chi connectivity index (χ2v) is 7.07. The minimum absolute atomic E-state index is 0.878. The summed E-state index contributed by atoms with van der Waals surface area (Å²) in [7, 11) is 0. The third-order valence-corrected chi connectivity index (χ3v) is 5.18. The Morgan fingerprint density at radius 2 is 2.35 bits per heavy atom. The third-order valence-electron chi connectivity index (χ3n) is 2.89. The molecule has 1 aliphatic rings. The summed E-state index contributed by atoms with van der Waals surface area (Å²) in [5.74, 6) is 1.22. The van der Waals surface area contributed by atoms with Crippen LogP contribution < -0.4 is 10.6 Å². The van der Waals surface area contributed by atoms with Crippen molar-refractivity contribution in [1.82, 2.24) is 15.6 Å². The molecular formula is C12H21N3S2. The second kappa shape index (κ2) is 7.36. The summed E-state index contributed by atoms with van der Waals surface area (Å²) in [4.78, 5) is 5.60. The molecule has 1 fully saturated rings. The highest BCUT2D eigenvalue weighted by atomic mass is 32.2. The second-order valence-electron chi connectivity index (χ2n) is 4.34. The Labute approximate surface area is 112 Å². The van der Waals surface area contributed by atoms with Gasteiger partial charge in [0.05, 0.1) is 5.01 Å². The quantitative estimate of drug-likeness (QED) is 0.776. The van der Waals surface area contributed by atoms with Gasteiger partial charge in [0.25, 0.3) is 0 Å². The van der Waals surface area contributed by atoms with Gasteiger partial charge in [-0.2, -0.15) is 11.8 Å². The Morgan fingerprint density at radius 1 is 1.53 bits per heavy atom. The van der Waals surface area contributed by atoms with Crippen molar-refractivity contribution in [3.05, 3.63) is 16.1 Å². The zero-order valence-corrected chi connectivity index (χ0v) is 12.0. The molecule has 2 rings (SSSR count). The zero-order valence-electron chi connectivity index (χ0n) is 10.4. The predicted octanol–water partition coefficient (Wildman–Crippen LogP) is 2.03. The van der Waals surface area contributed by atoms with Gasteiger partial charge in [-0.3, -0.25) is 0 Å². The van der Waals surface area contributed by atoms with Crippen LogP contribution in [0.3, 0.4) is 0 Å². The van der Waals surface area contributed by atoms with Gasteiger partial charge in [0.2, 0.25) is 0 Å². The molecule has 1 aliphatic heterocycles. The van der Waals surface area contributed by atoms with Gasteiger partial charge in [-0.15, -0.1) is 11.3 Å². The van der Waals surface area contributed by atoms with E-state index in [0.29, 0.717) is 0 Å². The average molecular weight is 271 g/mol. The first-order valence-electron chi connectivity index (χ1n) is 6.29. The molecule has 1 aromatic rings. The van der Waals surface area contributed by atoms with Crippen LogP contribution in [0.1, 0.15) is 22.7 Å². The molecule has 0 aliphatic carbocycles. The Morgan fingerprint density at radius 3 is 3.06 bits per heavy atom. The van der Waals surface area contributed by atoms with E-state index >= 15 is 0 Å². The molecular weight excluding hydrogens is 250 g/mol. The summed E-state index contributed by atoms with van der Waals surface area (Å²) < 4.78 is 0. The van der Waals surface area contributed by atoms with Gasteiger partial charge in [0, 0.05) is 35.2 Å². The standard InChI is InChI=1S/C12H21N3S2/c1-10-15-9-12(17-10)8-14-6-7-16-11-2-4-13-5-3-11/h9,11,13-14H,2-8H2,1H3. The van der Waals surface area contributed by atoms with Crippen molar-refractivity contribution in [1.29, 1.82) is 0 Å². The molecule has 2 N–H and O–H groups in total. The number of hydrogen-bond acceptors (Lipinski definition) is 5. The van der Waals surface area contributed by atoms with Crippen LogP contribution in [0.15, 0.2) is 6.20 Å². The molecule has 17 heavy (non-hydrogen) atoms. The van der Waals surface area contributed by atoms with Crippen LogP contribution in [0.25, 0.3) is 0 Å². The topological polar surface area (TPSA) is 37.0 Å². The Kier molecular flexibility index (Phi) is 5.77. The van der Waals surface area contributed by atoms with Gasteiger partial charge in [0.1, 0.15) is 0 Å². The van der Waals surface area contributed by atoms with Crippen LogP contribution in [-0.2, 0) is 6.54 Å². The van der Waals surface area contributed by atoms with Gasteiger partial charge < -0.3 is 10.6 Å². The van der Waals surface area contributed by atoms with Gasteiger partial charge in [-0.25, -0.2) is 4.98 Å². The van der Waals surface area contributed by atoms with Crippen molar-refractivity contribution in [2.75, 3.05) is 25.4 Å². The summed E-state index contributed by atoms with van der Waals surface area (Å²) in [6.45, 7) is 6.53. The monoisotopic (exact) mass is 271 g/mol. The number of nitrogens with zero attached hydrogens (tertiary/aromatic N) is 1. The molecule has 2 heterocycles. The van der Waals surface area contributed by atoms with Gasteiger partial charge >= 0.3 is 0 Å². The maximum atomic E-state index is 4.26. The highest BCUT2D eigenvalue weighted by Gasteiger charge is 2.12. The fourth-order valence-electron chi connectivity index (χ4n) is 1.96. The Bertz CT molecular complexity index is 321. The number of aromatic nitrogens is 1. The van der Waals surface area contributed by atoms with E-state index in [9.17, 15) is 0 Å². The average Bonchev–Trinajstić information content (AvgIpc) is 2.76. The number of thiazole rings is 1. The van der Waals surface area contributed by atoms with E-state index in [2.05, 4.69) is 34.3 Å². The molecule has 1 aromatic heterocycles. The van der Waals surface area contributed by atoms with Crippen LogP contribution in [0.4, 0.5) is 0 Å². The van der Waals surface area contributed by atoms with E-state index in [4.69, 9.17) is 0 Å². The summed E-state index contributed by atoms with van der Waals surface area (Å²) in [5, 5.41) is 8.93. The number of aryl methyl sites for hydroxylation is 1. The molecule has 0 bridgehead atoms. The number of piperidine rings is 1. The molecule has 0 atom stereocenters. The molecule has 0 aromatic carbocycles. The lowest BCUT2D eigenvalue weighted by molar-refractivity contribution is 0.531. The van der Waals surface area contributed by atoms with E-state index in [1.54, 1.807) is 11.3 Å². The van der Waals surface area contributed by atoms with E-state index < -0.39 is 0 Å². The van der Waals surface area contributed by atoms with Crippen LogP contribution in [0.2, 0.25) is 0 Å². The van der Waals surface area contributed by atoms with E-state index in [1.807, 2.05) is 6.20 Å². The van der Waals surface area contributed by atoms with Gasteiger partial charge in [-0.05, 0) is 32.9 Å². The van der Waals surface area contributed by atoms with Crippen molar-refractivity contribution in [2.45, 2.75) is 31.6 Å². The van der Waals surface area contributed by atoms with E-state index in [-0.39, 0.29) is 0 Å². The lowest BCUT2D eigenvalue weighted by Crippen LogP contribution is -2.30. The number of hydrogen-bond donors (Lipinski definition) is 2. The minimum Gasteiger partial charge on any atom is -0.317 e. The largest absolute Gasteiger partial charge is 0.317 e. The minimum atomic E-state index is 0.878. The number of thioether (sulfide) groups is 1. The molecule has 0 amide bonds. The van der Waals surface area contributed by atoms with Crippen LogP contribution in [0, 0.1) is 6.92 Å². The summed E-state index contributed by atoms with van der Waals surface area (Å²) in [6.07, 6.45) is 4.64. The molecule has 0 saturated carbocycles. The molecule has 96 valence electrons. The van der Waals surface area contributed by atoms with E-state index in [1.165, 1.54) is 36.6 Å². The molecule has 1 saturated heterocycles. The zero-order chi connectivity index (χ0) is 11.9. The smallest absolute Gasteiger partial charge is 0.0897 e. The maximum absolute atomic E-state index is 4.26. The SMILES string of the molecule is Cc1ncc(CNCCSC2CCNCC2)s1. The van der Waals surface area contributed by atoms with Crippen molar-refractivity contribution in [2.24, 2.45) is 0 Å². The Balaban J connectivity index is 1.51. The molecule has 5 heteroatoms. The first-order chi connectivity index (χ1) is 8.34. The van der Waals surface area contributed by atoms with E-state index in [0.717, 1.165) is 23.3 Å².